The van der Waals surface area contributed by atoms with Gasteiger partial charge in [0.05, 0.1) is 11.0 Å². The van der Waals surface area contributed by atoms with Crippen molar-refractivity contribution in [2.24, 2.45) is 5.92 Å². The van der Waals surface area contributed by atoms with Gasteiger partial charge in [-0.25, -0.2) is 4.98 Å². The van der Waals surface area contributed by atoms with Crippen LogP contribution in [0.3, 0.4) is 0 Å². The molecule has 0 radical (unpaired) electrons. The molecule has 4 heteroatoms. The monoisotopic (exact) mass is 367 g/mol. The van der Waals surface area contributed by atoms with Gasteiger partial charge in [0.1, 0.15) is 6.33 Å². The Hall–Kier alpha value is -2.10. The van der Waals surface area contributed by atoms with Crippen molar-refractivity contribution < 1.29 is 0 Å². The van der Waals surface area contributed by atoms with Gasteiger partial charge in [-0.05, 0) is 74.8 Å². The molecule has 2 aromatic carbocycles. The second-order valence-corrected chi connectivity index (χ2v) is 7.47. The van der Waals surface area contributed by atoms with E-state index in [9.17, 15) is 0 Å². The number of halogens is 1. The SMILES string of the molecule is C=Cc1ccc2c(c1)ncn2-c1cccc(Cl)c1.CC1CCN(C)CC1. The highest BCUT2D eigenvalue weighted by atomic mass is 35.5. The predicted octanol–water partition coefficient (Wildman–Crippen LogP) is 5.67. The largest absolute Gasteiger partial charge is 0.306 e. The number of imidazole rings is 1. The summed E-state index contributed by atoms with van der Waals surface area (Å²) in [6.45, 7) is 8.72. The number of likely N-dealkylation sites (tertiary alicyclic amines) is 1. The van der Waals surface area contributed by atoms with E-state index in [-0.39, 0.29) is 0 Å². The molecule has 0 unspecified atom stereocenters. The highest BCUT2D eigenvalue weighted by molar-refractivity contribution is 6.30. The number of benzene rings is 2. The minimum Gasteiger partial charge on any atom is -0.306 e. The first kappa shape index (κ1) is 18.7. The molecule has 1 aliphatic heterocycles. The highest BCUT2D eigenvalue weighted by Gasteiger charge is 2.10. The molecule has 0 saturated carbocycles. The van der Waals surface area contributed by atoms with E-state index < -0.39 is 0 Å². The third kappa shape index (κ3) is 4.54. The average Bonchev–Trinajstić information content (AvgIpc) is 3.08. The van der Waals surface area contributed by atoms with Crippen molar-refractivity contribution in [1.29, 1.82) is 0 Å². The maximum absolute atomic E-state index is 6.01. The molecule has 136 valence electrons. The number of hydrogen-bond acceptors (Lipinski definition) is 2. The van der Waals surface area contributed by atoms with Crippen molar-refractivity contribution in [3.05, 3.63) is 66.0 Å². The molecule has 0 spiro atoms. The number of aromatic nitrogens is 2. The Balaban J connectivity index is 0.000000206. The maximum atomic E-state index is 6.01. The molecule has 3 aromatic rings. The van der Waals surface area contributed by atoms with E-state index in [0.717, 1.165) is 33.2 Å². The normalized spacial score (nSPS) is 15.5. The fraction of sp³-hybridized carbons (Fsp3) is 0.318. The quantitative estimate of drug-likeness (QED) is 0.581. The van der Waals surface area contributed by atoms with Crippen LogP contribution in [0.1, 0.15) is 25.3 Å². The summed E-state index contributed by atoms with van der Waals surface area (Å²) >= 11 is 6.01. The summed E-state index contributed by atoms with van der Waals surface area (Å²) in [6, 6.07) is 13.8. The van der Waals surface area contributed by atoms with Gasteiger partial charge in [-0.2, -0.15) is 0 Å². The first-order chi connectivity index (χ1) is 12.6. The molecule has 0 bridgehead atoms. The first-order valence-corrected chi connectivity index (χ1v) is 9.48. The summed E-state index contributed by atoms with van der Waals surface area (Å²) in [6.07, 6.45) is 6.42. The molecular weight excluding hydrogens is 342 g/mol. The molecule has 3 nitrogen and oxygen atoms in total. The molecule has 0 aliphatic carbocycles. The van der Waals surface area contributed by atoms with Gasteiger partial charge in [0.15, 0.2) is 0 Å². The first-order valence-electron chi connectivity index (χ1n) is 9.11. The molecule has 0 amide bonds. The zero-order chi connectivity index (χ0) is 18.5. The van der Waals surface area contributed by atoms with Gasteiger partial charge < -0.3 is 4.90 Å². The van der Waals surface area contributed by atoms with E-state index in [1.165, 1.54) is 25.9 Å². The van der Waals surface area contributed by atoms with Crippen LogP contribution in [0.2, 0.25) is 5.02 Å². The topological polar surface area (TPSA) is 21.1 Å². The summed E-state index contributed by atoms with van der Waals surface area (Å²) in [7, 11) is 2.20. The second kappa shape index (κ2) is 8.52. The zero-order valence-electron chi connectivity index (χ0n) is 15.5. The standard InChI is InChI=1S/C15H11ClN2.C7H15N/c1-2-11-6-7-15-14(8-11)17-10-18(15)13-5-3-4-12(16)9-13;1-7-3-5-8(2)6-4-7/h2-10H,1H2;7H,3-6H2,1-2H3. The molecule has 1 fully saturated rings. The van der Waals surface area contributed by atoms with Crippen molar-refractivity contribution in [2.75, 3.05) is 20.1 Å². The Bertz CT molecular complexity index is 866. The Kier molecular flexibility index (Phi) is 6.12. The summed E-state index contributed by atoms with van der Waals surface area (Å²) in [5.41, 5.74) is 4.09. The molecule has 1 aromatic heterocycles. The van der Waals surface area contributed by atoms with Crippen LogP contribution in [0.4, 0.5) is 0 Å². The summed E-state index contributed by atoms with van der Waals surface area (Å²) in [5.74, 6) is 0.978. The van der Waals surface area contributed by atoms with Crippen LogP contribution in [0.5, 0.6) is 0 Å². The fourth-order valence-corrected chi connectivity index (χ4v) is 3.31. The van der Waals surface area contributed by atoms with Crippen molar-refractivity contribution >= 4 is 28.7 Å². The lowest BCUT2D eigenvalue weighted by Gasteiger charge is -2.26. The van der Waals surface area contributed by atoms with E-state index in [0.29, 0.717) is 0 Å². The second-order valence-electron chi connectivity index (χ2n) is 7.03. The van der Waals surface area contributed by atoms with E-state index in [2.05, 4.69) is 30.4 Å². The van der Waals surface area contributed by atoms with E-state index >= 15 is 0 Å². The summed E-state index contributed by atoms with van der Waals surface area (Å²) in [4.78, 5) is 6.81. The Morgan fingerprint density at radius 1 is 1.15 bits per heavy atom. The number of hydrogen-bond donors (Lipinski definition) is 0. The van der Waals surface area contributed by atoms with Crippen LogP contribution in [-0.2, 0) is 0 Å². The lowest BCUT2D eigenvalue weighted by atomic mass is 10.00. The maximum Gasteiger partial charge on any atom is 0.100 e. The van der Waals surface area contributed by atoms with Crippen molar-refractivity contribution in [3.63, 3.8) is 0 Å². The lowest BCUT2D eigenvalue weighted by Crippen LogP contribution is -2.28. The summed E-state index contributed by atoms with van der Waals surface area (Å²) in [5, 5.41) is 0.720. The van der Waals surface area contributed by atoms with Gasteiger partial charge in [-0.15, -0.1) is 0 Å². The van der Waals surface area contributed by atoms with E-state index in [4.69, 9.17) is 11.6 Å². The fourth-order valence-electron chi connectivity index (χ4n) is 3.13. The van der Waals surface area contributed by atoms with Gasteiger partial charge in [-0.1, -0.05) is 43.3 Å². The molecule has 1 aliphatic rings. The van der Waals surface area contributed by atoms with E-state index in [1.54, 1.807) is 0 Å². The zero-order valence-corrected chi connectivity index (χ0v) is 16.3. The van der Waals surface area contributed by atoms with Gasteiger partial charge in [-0.3, -0.25) is 4.57 Å². The molecular formula is C22H26ClN3. The molecule has 0 atom stereocenters. The average molecular weight is 368 g/mol. The molecule has 1 saturated heterocycles. The third-order valence-electron chi connectivity index (χ3n) is 4.90. The predicted molar refractivity (Wildman–Crippen MR) is 112 cm³/mol. The Morgan fingerprint density at radius 3 is 2.58 bits per heavy atom. The van der Waals surface area contributed by atoms with Crippen LogP contribution in [0.25, 0.3) is 22.8 Å². The van der Waals surface area contributed by atoms with Gasteiger partial charge >= 0.3 is 0 Å². The van der Waals surface area contributed by atoms with Gasteiger partial charge in [0, 0.05) is 10.7 Å². The Morgan fingerprint density at radius 2 is 1.92 bits per heavy atom. The van der Waals surface area contributed by atoms with Crippen LogP contribution in [-0.4, -0.2) is 34.6 Å². The number of fused-ring (bicyclic) bond motifs is 1. The summed E-state index contributed by atoms with van der Waals surface area (Å²) < 4.78 is 2.02. The molecule has 0 N–H and O–H groups in total. The molecule has 26 heavy (non-hydrogen) atoms. The van der Waals surface area contributed by atoms with Crippen LogP contribution in [0, 0.1) is 5.92 Å². The third-order valence-corrected chi connectivity index (χ3v) is 5.14. The molecule has 2 heterocycles. The van der Waals surface area contributed by atoms with Crippen LogP contribution < -0.4 is 0 Å². The number of rotatable bonds is 2. The Labute approximate surface area is 160 Å². The smallest absolute Gasteiger partial charge is 0.100 e. The molecule has 4 rings (SSSR count). The highest BCUT2D eigenvalue weighted by Crippen LogP contribution is 2.21. The van der Waals surface area contributed by atoms with Crippen LogP contribution in [0.15, 0.2) is 55.4 Å². The minimum absolute atomic E-state index is 0.720. The van der Waals surface area contributed by atoms with Crippen molar-refractivity contribution in [3.8, 4) is 5.69 Å². The van der Waals surface area contributed by atoms with Crippen molar-refractivity contribution in [1.82, 2.24) is 14.5 Å². The van der Waals surface area contributed by atoms with Crippen LogP contribution >= 0.6 is 11.6 Å². The number of nitrogens with zero attached hydrogens (tertiary/aromatic N) is 3. The van der Waals surface area contributed by atoms with Gasteiger partial charge in [0.25, 0.3) is 0 Å². The number of piperidine rings is 1. The van der Waals surface area contributed by atoms with E-state index in [1.807, 2.05) is 59.4 Å². The minimum atomic E-state index is 0.720. The van der Waals surface area contributed by atoms with Gasteiger partial charge in [0.2, 0.25) is 0 Å². The van der Waals surface area contributed by atoms with Crippen molar-refractivity contribution in [2.45, 2.75) is 19.8 Å². The lowest BCUT2D eigenvalue weighted by molar-refractivity contribution is 0.230.